The lowest BCUT2D eigenvalue weighted by Crippen LogP contribution is -2.28. The maximum absolute atomic E-state index is 13.4. The van der Waals surface area contributed by atoms with Crippen LogP contribution in [0.25, 0.3) is 10.9 Å². The first-order valence-electron chi connectivity index (χ1n) is 10.6. The van der Waals surface area contributed by atoms with Gasteiger partial charge in [0.1, 0.15) is 17.6 Å². The maximum atomic E-state index is 13.4. The molecule has 198 valence electrons. The molecule has 0 saturated carbocycles. The Labute approximate surface area is 208 Å². The van der Waals surface area contributed by atoms with Gasteiger partial charge < -0.3 is 4.90 Å². The molecule has 13 heteroatoms. The molecule has 0 fully saturated rings. The van der Waals surface area contributed by atoms with Crippen LogP contribution < -0.4 is 10.9 Å². The third-order valence-electron chi connectivity index (χ3n) is 5.07. The third kappa shape index (κ3) is 8.12. The van der Waals surface area contributed by atoms with Crippen molar-refractivity contribution < 1.29 is 30.7 Å². The number of benzene rings is 2. The number of halogens is 7. The fourth-order valence-electron chi connectivity index (χ4n) is 3.23. The Hall–Kier alpha value is -3.76. The second-order valence-electron chi connectivity index (χ2n) is 7.80. The van der Waals surface area contributed by atoms with E-state index in [1.807, 2.05) is 20.2 Å². The van der Waals surface area contributed by atoms with E-state index >= 15 is 0 Å². The molecule has 3 N–H and O–H groups in total. The second kappa shape index (κ2) is 12.0. The number of nitrogens with zero attached hydrogens (tertiary/aromatic N) is 3. The van der Waals surface area contributed by atoms with Crippen LogP contribution in [0.2, 0.25) is 0 Å². The van der Waals surface area contributed by atoms with Crippen LogP contribution >= 0.6 is 0 Å². The summed E-state index contributed by atoms with van der Waals surface area (Å²) < 4.78 is 92.4. The van der Waals surface area contributed by atoms with E-state index in [4.69, 9.17) is 5.41 Å². The lowest BCUT2D eigenvalue weighted by atomic mass is 10.0. The van der Waals surface area contributed by atoms with Gasteiger partial charge >= 0.3 is 12.4 Å². The lowest BCUT2D eigenvalue weighted by molar-refractivity contribution is -0.143. The minimum absolute atomic E-state index is 0.0330. The summed E-state index contributed by atoms with van der Waals surface area (Å²) in [5, 5.41) is 17.8. The van der Waals surface area contributed by atoms with Crippen LogP contribution in [0.15, 0.2) is 42.5 Å². The molecule has 0 aliphatic carbocycles. The van der Waals surface area contributed by atoms with Crippen molar-refractivity contribution in [3.05, 3.63) is 76.2 Å². The molecule has 1 aromatic heterocycles. The fourth-order valence-corrected chi connectivity index (χ4v) is 3.23. The average Bonchev–Trinajstić information content (AvgIpc) is 2.82. The smallest absolute Gasteiger partial charge is 0.352 e. The highest BCUT2D eigenvalue weighted by Crippen LogP contribution is 2.36. The number of nitrogens with one attached hydrogen (secondary N) is 3. The van der Waals surface area contributed by atoms with Crippen molar-refractivity contribution in [1.82, 2.24) is 20.7 Å². The molecule has 0 unspecified atom stereocenters. The van der Waals surface area contributed by atoms with Gasteiger partial charge in [0, 0.05) is 30.1 Å². The number of pyridine rings is 1. The van der Waals surface area contributed by atoms with E-state index in [0.29, 0.717) is 17.5 Å². The van der Waals surface area contributed by atoms with Crippen molar-refractivity contribution in [3.63, 3.8) is 0 Å². The molecule has 37 heavy (non-hydrogen) atoms. The SMILES string of the molecule is CC(=N)N(Cc1cc(C(F)(F)F)cc(C(F)(F)F)c1)Cc1cc2ccc(F)cc2nc1C#N.CNNC. The zero-order chi connectivity index (χ0) is 28.0. The lowest BCUT2D eigenvalue weighted by Gasteiger charge is -2.25. The predicted molar refractivity (Wildman–Crippen MR) is 124 cm³/mol. The standard InChI is InChI=1S/C22H15F7N4.C2H8N2/c1-12(31)33(10-13-4-16(21(24,25)26)7-17(5-13)22(27,28)29)11-15-6-14-2-3-18(23)8-19(14)32-20(15)9-30;1-3-4-2/h2-8,31H,10-11H2,1H3;3-4H,1-2H3. The number of amidine groups is 1. The summed E-state index contributed by atoms with van der Waals surface area (Å²) in [6.07, 6.45) is -9.99. The molecule has 0 saturated heterocycles. The summed E-state index contributed by atoms with van der Waals surface area (Å²) in [6.45, 7) is 0.680. The molecule has 6 nitrogen and oxygen atoms in total. The van der Waals surface area contributed by atoms with E-state index in [-0.39, 0.29) is 40.8 Å². The predicted octanol–water partition coefficient (Wildman–Crippen LogP) is 5.62. The van der Waals surface area contributed by atoms with Gasteiger partial charge in [-0.1, -0.05) is 0 Å². The molecular formula is C24H23F7N6. The topological polar surface area (TPSA) is 87.8 Å². The molecule has 0 bridgehead atoms. The van der Waals surface area contributed by atoms with Gasteiger partial charge in [0.15, 0.2) is 0 Å². The highest BCUT2D eigenvalue weighted by atomic mass is 19.4. The highest BCUT2D eigenvalue weighted by molar-refractivity contribution is 5.81. The van der Waals surface area contributed by atoms with Crippen molar-refractivity contribution >= 4 is 16.7 Å². The molecule has 0 atom stereocenters. The van der Waals surface area contributed by atoms with Crippen molar-refractivity contribution in [2.75, 3.05) is 14.1 Å². The summed E-state index contributed by atoms with van der Waals surface area (Å²) in [5.74, 6) is -0.710. The average molecular weight is 528 g/mol. The molecular weight excluding hydrogens is 505 g/mol. The van der Waals surface area contributed by atoms with Crippen LogP contribution in [-0.4, -0.2) is 29.8 Å². The van der Waals surface area contributed by atoms with Gasteiger partial charge in [0.25, 0.3) is 0 Å². The Morgan fingerprint density at radius 1 is 0.946 bits per heavy atom. The Balaban J connectivity index is 0.00000112. The summed E-state index contributed by atoms with van der Waals surface area (Å²) in [7, 11) is 3.64. The van der Waals surface area contributed by atoms with E-state index in [2.05, 4.69) is 15.8 Å². The third-order valence-corrected chi connectivity index (χ3v) is 5.07. The molecule has 1 heterocycles. The van der Waals surface area contributed by atoms with E-state index in [1.54, 1.807) is 0 Å². The van der Waals surface area contributed by atoms with Crippen LogP contribution in [0.3, 0.4) is 0 Å². The van der Waals surface area contributed by atoms with Gasteiger partial charge in [-0.25, -0.2) is 9.37 Å². The Morgan fingerprint density at radius 2 is 1.51 bits per heavy atom. The van der Waals surface area contributed by atoms with E-state index < -0.39 is 35.8 Å². The number of nitriles is 1. The molecule has 0 radical (unpaired) electrons. The minimum Gasteiger partial charge on any atom is -0.352 e. The maximum Gasteiger partial charge on any atom is 0.416 e. The van der Waals surface area contributed by atoms with Crippen molar-refractivity contribution in [3.8, 4) is 6.07 Å². The molecule has 0 aliphatic heterocycles. The summed E-state index contributed by atoms with van der Waals surface area (Å²) in [4.78, 5) is 5.28. The van der Waals surface area contributed by atoms with Crippen molar-refractivity contribution in [2.45, 2.75) is 32.4 Å². The molecule has 0 amide bonds. The first kappa shape index (κ1) is 29.5. The number of hydrogen-bond donors (Lipinski definition) is 3. The van der Waals surface area contributed by atoms with Gasteiger partial charge in [-0.2, -0.15) is 31.6 Å². The number of rotatable bonds is 5. The van der Waals surface area contributed by atoms with Gasteiger partial charge in [-0.05, 0) is 63.0 Å². The van der Waals surface area contributed by atoms with Crippen LogP contribution in [0, 0.1) is 22.6 Å². The van der Waals surface area contributed by atoms with Crippen molar-refractivity contribution in [2.24, 2.45) is 0 Å². The number of alkyl halides is 6. The largest absolute Gasteiger partial charge is 0.416 e. The molecule has 3 aromatic rings. The fraction of sp³-hybridized carbons (Fsp3) is 0.292. The van der Waals surface area contributed by atoms with Gasteiger partial charge in [-0.3, -0.25) is 16.3 Å². The molecule has 2 aromatic carbocycles. The van der Waals surface area contributed by atoms with Crippen molar-refractivity contribution in [1.29, 1.82) is 10.7 Å². The van der Waals surface area contributed by atoms with Gasteiger partial charge in [0.2, 0.25) is 0 Å². The zero-order valence-electron chi connectivity index (χ0n) is 19.9. The van der Waals surface area contributed by atoms with E-state index in [0.717, 1.165) is 6.07 Å². The number of fused-ring (bicyclic) bond motifs is 1. The zero-order valence-corrected chi connectivity index (χ0v) is 19.9. The first-order valence-corrected chi connectivity index (χ1v) is 10.6. The molecule has 0 spiro atoms. The first-order chi connectivity index (χ1) is 17.2. The molecule has 0 aliphatic rings. The normalized spacial score (nSPS) is 11.5. The summed E-state index contributed by atoms with van der Waals surface area (Å²) >= 11 is 0. The van der Waals surface area contributed by atoms with Crippen LogP contribution in [0.1, 0.15) is 34.9 Å². The quantitative estimate of drug-likeness (QED) is 0.173. The summed E-state index contributed by atoms with van der Waals surface area (Å²) in [5.41, 5.74) is 2.54. The van der Waals surface area contributed by atoms with E-state index in [1.165, 1.54) is 30.0 Å². The second-order valence-corrected chi connectivity index (χ2v) is 7.80. The van der Waals surface area contributed by atoms with Crippen LogP contribution in [-0.2, 0) is 25.4 Å². The number of hydrogen-bond acceptors (Lipinski definition) is 5. The highest BCUT2D eigenvalue weighted by Gasteiger charge is 2.37. The van der Waals surface area contributed by atoms with Crippen LogP contribution in [0.5, 0.6) is 0 Å². The minimum atomic E-state index is -4.99. The van der Waals surface area contributed by atoms with Gasteiger partial charge in [0.05, 0.1) is 22.5 Å². The van der Waals surface area contributed by atoms with Crippen LogP contribution in [0.4, 0.5) is 30.7 Å². The number of hydrazine groups is 1. The Kier molecular flexibility index (Phi) is 9.55. The van der Waals surface area contributed by atoms with Gasteiger partial charge in [-0.15, -0.1) is 0 Å². The van der Waals surface area contributed by atoms with E-state index in [9.17, 15) is 36.0 Å². The molecule has 3 rings (SSSR count). The summed E-state index contributed by atoms with van der Waals surface area (Å²) in [6, 6.07) is 8.32. The Morgan fingerprint density at radius 3 is 1.97 bits per heavy atom. The number of aromatic nitrogens is 1. The Bertz CT molecular complexity index is 1260. The monoisotopic (exact) mass is 528 g/mol.